The molecule has 2 aromatic rings. The Hall–Kier alpha value is -2.24. The molecule has 0 spiro atoms. The van der Waals surface area contributed by atoms with E-state index in [2.05, 4.69) is 55.3 Å². The van der Waals surface area contributed by atoms with Gasteiger partial charge >= 0.3 is 0 Å². The number of rotatable bonds is 7. The molecule has 5 heteroatoms. The summed E-state index contributed by atoms with van der Waals surface area (Å²) in [6.45, 7) is 4.30. The third-order valence-corrected chi connectivity index (χ3v) is 4.52. The number of quaternary nitrogens is 1. The number of aliphatic hydroxyl groups excluding tert-OH is 1. The van der Waals surface area contributed by atoms with Gasteiger partial charge in [-0.15, -0.1) is 0 Å². The van der Waals surface area contributed by atoms with Gasteiger partial charge in [-0.25, -0.2) is 0 Å². The van der Waals surface area contributed by atoms with Crippen molar-refractivity contribution in [1.82, 2.24) is 4.98 Å². The molecule has 0 aliphatic heterocycles. The first kappa shape index (κ1) is 19.1. The molecule has 0 aliphatic rings. The van der Waals surface area contributed by atoms with E-state index in [9.17, 15) is 10.2 Å². The first-order valence-corrected chi connectivity index (χ1v) is 8.64. The monoisotopic (exact) mass is 342 g/mol. The lowest BCUT2D eigenvalue weighted by atomic mass is 10.0. The van der Waals surface area contributed by atoms with Crippen LogP contribution >= 0.6 is 0 Å². The molecular weight excluding hydrogens is 314 g/mol. The van der Waals surface area contributed by atoms with Crippen molar-refractivity contribution in [3.05, 3.63) is 58.4 Å². The highest BCUT2D eigenvalue weighted by Crippen LogP contribution is 2.22. The van der Waals surface area contributed by atoms with Crippen molar-refractivity contribution in [2.24, 2.45) is 4.99 Å². The summed E-state index contributed by atoms with van der Waals surface area (Å²) in [5.74, 6) is 0.0800. The van der Waals surface area contributed by atoms with Gasteiger partial charge < -0.3 is 15.1 Å². The van der Waals surface area contributed by atoms with Gasteiger partial charge in [-0.05, 0) is 18.9 Å². The predicted octanol–water partition coefficient (Wildman–Crippen LogP) is 1.46. The van der Waals surface area contributed by atoms with E-state index in [1.807, 2.05) is 0 Å². The standard InChI is InChI=1S/C20H27N3O2/c1-5-15-6-8-16(9-7-15)19(23(3)4)12-21-11-18-17(13-24)10-22-14(2)20(18)25/h6-11,19,24-25H,5,12-13H2,1-4H3/p+1/t19-/m1/s1. The number of pyridine rings is 1. The van der Waals surface area contributed by atoms with E-state index in [4.69, 9.17) is 0 Å². The van der Waals surface area contributed by atoms with Gasteiger partial charge in [0.2, 0.25) is 0 Å². The minimum absolute atomic E-state index is 0.0800. The number of likely N-dealkylation sites (N-methyl/N-ethyl adjacent to an activating group) is 1. The number of aryl methyl sites for hydroxylation is 2. The lowest BCUT2D eigenvalue weighted by molar-refractivity contribution is -0.890. The summed E-state index contributed by atoms with van der Waals surface area (Å²) < 4.78 is 0. The zero-order chi connectivity index (χ0) is 18.4. The molecule has 0 aliphatic carbocycles. The molecule has 134 valence electrons. The van der Waals surface area contributed by atoms with Crippen LogP contribution in [0.5, 0.6) is 5.75 Å². The Balaban J connectivity index is 2.21. The average Bonchev–Trinajstić information content (AvgIpc) is 2.62. The number of hydrogen-bond acceptors (Lipinski definition) is 4. The summed E-state index contributed by atoms with van der Waals surface area (Å²) in [7, 11) is 4.22. The lowest BCUT2D eigenvalue weighted by Crippen LogP contribution is -3.06. The first-order valence-electron chi connectivity index (χ1n) is 8.64. The van der Waals surface area contributed by atoms with Gasteiger partial charge in [-0.1, -0.05) is 31.2 Å². The molecule has 1 aromatic heterocycles. The van der Waals surface area contributed by atoms with Crippen LogP contribution in [0.4, 0.5) is 0 Å². The minimum atomic E-state index is -0.178. The molecule has 0 saturated carbocycles. The van der Waals surface area contributed by atoms with Gasteiger partial charge in [-0.2, -0.15) is 0 Å². The molecule has 0 fully saturated rings. The Kier molecular flexibility index (Phi) is 6.67. The van der Waals surface area contributed by atoms with Crippen LogP contribution in [0.2, 0.25) is 0 Å². The molecular formula is C20H28N3O2+. The van der Waals surface area contributed by atoms with Gasteiger partial charge in [-0.3, -0.25) is 9.98 Å². The Bertz CT molecular complexity index is 724. The highest BCUT2D eigenvalue weighted by atomic mass is 16.3. The first-order chi connectivity index (χ1) is 12.0. The Morgan fingerprint density at radius 1 is 1.24 bits per heavy atom. The molecule has 0 amide bonds. The van der Waals surface area contributed by atoms with Gasteiger partial charge in [0.05, 0.1) is 32.9 Å². The summed E-state index contributed by atoms with van der Waals surface area (Å²) in [6, 6.07) is 8.89. The topological polar surface area (TPSA) is 70.2 Å². The number of benzene rings is 1. The van der Waals surface area contributed by atoms with E-state index < -0.39 is 0 Å². The molecule has 3 N–H and O–H groups in total. The molecule has 0 unspecified atom stereocenters. The minimum Gasteiger partial charge on any atom is -0.505 e. The Morgan fingerprint density at radius 3 is 2.48 bits per heavy atom. The van der Waals surface area contributed by atoms with Gasteiger partial charge in [0.1, 0.15) is 11.8 Å². The van der Waals surface area contributed by atoms with Crippen LogP contribution in [0, 0.1) is 6.92 Å². The van der Waals surface area contributed by atoms with E-state index in [0.29, 0.717) is 23.4 Å². The molecule has 2 rings (SSSR count). The number of aromatic hydroxyl groups is 1. The van der Waals surface area contributed by atoms with Crippen LogP contribution < -0.4 is 4.90 Å². The number of aliphatic imine (C=N–C) groups is 1. The summed E-state index contributed by atoms with van der Waals surface area (Å²) in [4.78, 5) is 9.91. The van der Waals surface area contributed by atoms with Crippen molar-refractivity contribution >= 4 is 6.21 Å². The number of aromatic nitrogens is 1. The third kappa shape index (κ3) is 4.65. The largest absolute Gasteiger partial charge is 0.505 e. The maximum atomic E-state index is 10.2. The van der Waals surface area contributed by atoms with Gasteiger partial charge in [0.15, 0.2) is 0 Å². The summed E-state index contributed by atoms with van der Waals surface area (Å²) >= 11 is 0. The fourth-order valence-corrected chi connectivity index (χ4v) is 2.78. The molecule has 1 aromatic carbocycles. The SMILES string of the molecule is CCc1ccc([C@@H](CN=Cc2c(CO)cnc(C)c2O)[NH+](C)C)cc1. The highest BCUT2D eigenvalue weighted by Gasteiger charge is 2.17. The smallest absolute Gasteiger partial charge is 0.145 e. The van der Waals surface area contributed by atoms with Crippen LogP contribution in [0.15, 0.2) is 35.5 Å². The van der Waals surface area contributed by atoms with Gasteiger partial charge in [0, 0.05) is 29.1 Å². The molecule has 5 nitrogen and oxygen atoms in total. The zero-order valence-electron chi connectivity index (χ0n) is 15.5. The second-order valence-corrected chi connectivity index (χ2v) is 6.51. The Labute approximate surface area is 149 Å². The van der Waals surface area contributed by atoms with Crippen LogP contribution in [0.25, 0.3) is 0 Å². The number of nitrogens with one attached hydrogen (secondary N) is 1. The van der Waals surface area contributed by atoms with Crippen LogP contribution in [-0.2, 0) is 13.0 Å². The third-order valence-electron chi connectivity index (χ3n) is 4.52. The fraction of sp³-hybridized carbons (Fsp3) is 0.400. The van der Waals surface area contributed by atoms with Crippen molar-refractivity contribution < 1.29 is 15.1 Å². The molecule has 0 radical (unpaired) electrons. The molecule has 25 heavy (non-hydrogen) atoms. The predicted molar refractivity (Wildman–Crippen MR) is 100 cm³/mol. The quantitative estimate of drug-likeness (QED) is 0.667. The van der Waals surface area contributed by atoms with E-state index in [1.54, 1.807) is 19.3 Å². The second kappa shape index (κ2) is 8.74. The van der Waals surface area contributed by atoms with Gasteiger partial charge in [0.25, 0.3) is 0 Å². The molecule has 0 saturated heterocycles. The summed E-state index contributed by atoms with van der Waals surface area (Å²) in [6.07, 6.45) is 4.25. The maximum absolute atomic E-state index is 10.2. The van der Waals surface area contributed by atoms with E-state index in [1.165, 1.54) is 16.0 Å². The van der Waals surface area contributed by atoms with E-state index in [-0.39, 0.29) is 18.4 Å². The molecule has 0 bridgehead atoms. The average molecular weight is 342 g/mol. The van der Waals surface area contributed by atoms with Crippen molar-refractivity contribution in [1.29, 1.82) is 0 Å². The number of hydrogen-bond donors (Lipinski definition) is 3. The van der Waals surface area contributed by atoms with E-state index in [0.717, 1.165) is 6.42 Å². The van der Waals surface area contributed by atoms with Crippen LogP contribution in [-0.4, -0.2) is 42.1 Å². The van der Waals surface area contributed by atoms with Crippen molar-refractivity contribution in [3.8, 4) is 5.75 Å². The lowest BCUT2D eigenvalue weighted by Gasteiger charge is -2.20. The van der Waals surface area contributed by atoms with Crippen LogP contribution in [0.3, 0.4) is 0 Å². The van der Waals surface area contributed by atoms with E-state index >= 15 is 0 Å². The number of aliphatic hydroxyl groups is 1. The van der Waals surface area contributed by atoms with Crippen molar-refractivity contribution in [3.63, 3.8) is 0 Å². The summed E-state index contributed by atoms with van der Waals surface area (Å²) in [5.41, 5.74) is 4.22. The second-order valence-electron chi connectivity index (χ2n) is 6.51. The fourth-order valence-electron chi connectivity index (χ4n) is 2.78. The van der Waals surface area contributed by atoms with Crippen LogP contribution in [0.1, 0.15) is 40.9 Å². The van der Waals surface area contributed by atoms with Crippen molar-refractivity contribution in [2.45, 2.75) is 32.9 Å². The zero-order valence-corrected chi connectivity index (χ0v) is 15.5. The normalized spacial score (nSPS) is 12.9. The Morgan fingerprint density at radius 2 is 1.92 bits per heavy atom. The molecule has 1 atom stereocenters. The number of nitrogens with zero attached hydrogens (tertiary/aromatic N) is 2. The maximum Gasteiger partial charge on any atom is 0.145 e. The summed E-state index contributed by atoms with van der Waals surface area (Å²) in [5, 5.41) is 19.6. The highest BCUT2D eigenvalue weighted by molar-refractivity contribution is 5.85. The molecule has 1 heterocycles. The van der Waals surface area contributed by atoms with Crippen molar-refractivity contribution in [2.75, 3.05) is 20.6 Å².